The Balaban J connectivity index is 2.31. The van der Waals surface area contributed by atoms with Gasteiger partial charge in [0.15, 0.2) is 0 Å². The number of aliphatic hydroxyl groups excluding tert-OH is 1. The number of hydrogen-bond donors (Lipinski definition) is 1. The van der Waals surface area contributed by atoms with E-state index in [1.807, 2.05) is 19.1 Å². The molecule has 0 unspecified atom stereocenters. The van der Waals surface area contributed by atoms with Gasteiger partial charge in [0, 0.05) is 8.04 Å². The normalized spacial score (nSPS) is 30.4. The van der Waals surface area contributed by atoms with E-state index >= 15 is 0 Å². The van der Waals surface area contributed by atoms with E-state index in [0.29, 0.717) is 0 Å². The number of epoxide rings is 1. The monoisotopic (exact) mass is 368 g/mol. The average molecular weight is 369 g/mol. The molecule has 0 radical (unpaired) electrons. The van der Waals surface area contributed by atoms with E-state index in [0.717, 1.165) is 13.6 Å². The van der Waals surface area contributed by atoms with Crippen molar-refractivity contribution < 1.29 is 9.84 Å². The average Bonchev–Trinajstić information content (AvgIpc) is 2.83. The fraction of sp³-hybridized carbons (Fsp3) is 0.400. The Labute approximate surface area is 105 Å². The summed E-state index contributed by atoms with van der Waals surface area (Å²) in [5.41, 5.74) is 0.846. The highest BCUT2D eigenvalue weighted by Crippen LogP contribution is 2.46. The molecule has 14 heavy (non-hydrogen) atoms. The van der Waals surface area contributed by atoms with Gasteiger partial charge in [0.2, 0.25) is 0 Å². The Bertz CT molecular complexity index is 369. The molecule has 0 saturated carbocycles. The lowest BCUT2D eigenvalue weighted by atomic mass is 9.98. The van der Waals surface area contributed by atoms with Crippen LogP contribution in [0.3, 0.4) is 0 Å². The van der Waals surface area contributed by atoms with Crippen molar-refractivity contribution in [3.05, 3.63) is 31.8 Å². The summed E-state index contributed by atoms with van der Waals surface area (Å²) in [7, 11) is 0. The summed E-state index contributed by atoms with van der Waals surface area (Å²) in [5, 5.41) is 8.99. The predicted molar refractivity (Wildman–Crippen MR) is 66.2 cm³/mol. The molecule has 2 rings (SSSR count). The van der Waals surface area contributed by atoms with Crippen molar-refractivity contribution in [1.82, 2.24) is 0 Å². The third-order valence-corrected chi connectivity index (χ3v) is 4.93. The smallest absolute Gasteiger partial charge is 0.119 e. The van der Waals surface area contributed by atoms with Crippen LogP contribution in [0.4, 0.5) is 0 Å². The van der Waals surface area contributed by atoms with Crippen LogP contribution in [0, 0.1) is 3.57 Å². The SMILES string of the molecule is C[C@@]1(c2ccc(Br)c(I)c2)O[C@H]1CO. The van der Waals surface area contributed by atoms with E-state index in [4.69, 9.17) is 9.84 Å². The van der Waals surface area contributed by atoms with Gasteiger partial charge in [-0.05, 0) is 63.1 Å². The second-order valence-corrected chi connectivity index (χ2v) is 5.54. The maximum absolute atomic E-state index is 8.99. The standard InChI is InChI=1S/C10H10BrIO2/c1-10(9(5-13)14-10)6-2-3-7(11)8(12)4-6/h2-4,9,13H,5H2,1H3/t9-,10-/m0/s1. The first-order valence-corrected chi connectivity index (χ1v) is 6.19. The fourth-order valence-electron chi connectivity index (χ4n) is 1.53. The Morgan fingerprint density at radius 3 is 2.86 bits per heavy atom. The Kier molecular flexibility index (Phi) is 2.90. The van der Waals surface area contributed by atoms with Crippen molar-refractivity contribution in [2.45, 2.75) is 18.6 Å². The Hall–Kier alpha value is 0.350. The molecule has 0 aromatic heterocycles. The highest BCUT2D eigenvalue weighted by molar-refractivity contribution is 14.1. The molecule has 1 fully saturated rings. The van der Waals surface area contributed by atoms with Gasteiger partial charge >= 0.3 is 0 Å². The van der Waals surface area contributed by atoms with E-state index in [9.17, 15) is 0 Å². The van der Waals surface area contributed by atoms with E-state index in [-0.39, 0.29) is 18.3 Å². The Morgan fingerprint density at radius 2 is 2.36 bits per heavy atom. The van der Waals surface area contributed by atoms with Crippen LogP contribution >= 0.6 is 38.5 Å². The number of hydrogen-bond acceptors (Lipinski definition) is 2. The van der Waals surface area contributed by atoms with E-state index < -0.39 is 0 Å². The Morgan fingerprint density at radius 1 is 1.64 bits per heavy atom. The molecule has 1 saturated heterocycles. The zero-order valence-electron chi connectivity index (χ0n) is 7.63. The van der Waals surface area contributed by atoms with Gasteiger partial charge in [-0.15, -0.1) is 0 Å². The molecular formula is C10H10BrIO2. The zero-order valence-corrected chi connectivity index (χ0v) is 11.4. The molecule has 0 aliphatic carbocycles. The molecule has 2 atom stereocenters. The first-order valence-electron chi connectivity index (χ1n) is 4.32. The molecule has 76 valence electrons. The molecule has 1 N–H and O–H groups in total. The van der Waals surface area contributed by atoms with Crippen molar-refractivity contribution in [3.63, 3.8) is 0 Å². The van der Waals surface area contributed by atoms with E-state index in [1.54, 1.807) is 0 Å². The number of benzene rings is 1. The third-order valence-electron chi connectivity index (χ3n) is 2.60. The summed E-state index contributed by atoms with van der Waals surface area (Å²) in [5.74, 6) is 0. The molecule has 1 aliphatic rings. The number of rotatable bonds is 2. The van der Waals surface area contributed by atoms with Crippen LogP contribution in [0.25, 0.3) is 0 Å². The molecule has 1 heterocycles. The quantitative estimate of drug-likeness (QED) is 0.643. The van der Waals surface area contributed by atoms with Crippen LogP contribution in [-0.4, -0.2) is 17.8 Å². The van der Waals surface area contributed by atoms with Crippen molar-refractivity contribution in [2.24, 2.45) is 0 Å². The molecule has 2 nitrogen and oxygen atoms in total. The van der Waals surface area contributed by atoms with Crippen molar-refractivity contribution in [1.29, 1.82) is 0 Å². The lowest BCUT2D eigenvalue weighted by Crippen LogP contribution is -2.10. The summed E-state index contributed by atoms with van der Waals surface area (Å²) in [6.07, 6.45) is -0.0422. The van der Waals surface area contributed by atoms with Crippen LogP contribution < -0.4 is 0 Å². The van der Waals surface area contributed by atoms with Gasteiger partial charge in [0.1, 0.15) is 11.7 Å². The summed E-state index contributed by atoms with van der Waals surface area (Å²) >= 11 is 5.72. The van der Waals surface area contributed by atoms with Gasteiger partial charge in [0.05, 0.1) is 6.61 Å². The number of halogens is 2. The van der Waals surface area contributed by atoms with E-state index in [1.165, 1.54) is 0 Å². The maximum Gasteiger partial charge on any atom is 0.119 e. The summed E-state index contributed by atoms with van der Waals surface area (Å²) in [6, 6.07) is 6.13. The lowest BCUT2D eigenvalue weighted by molar-refractivity contribution is 0.237. The maximum atomic E-state index is 8.99. The van der Waals surface area contributed by atoms with Crippen LogP contribution in [0.1, 0.15) is 12.5 Å². The highest BCUT2D eigenvalue weighted by atomic mass is 127. The molecule has 0 amide bonds. The molecule has 4 heteroatoms. The third kappa shape index (κ3) is 1.73. The lowest BCUT2D eigenvalue weighted by Gasteiger charge is -2.07. The predicted octanol–water partition coefficient (Wildman–Crippen LogP) is 2.66. The second-order valence-electron chi connectivity index (χ2n) is 3.53. The largest absolute Gasteiger partial charge is 0.394 e. The second kappa shape index (κ2) is 3.73. The number of aliphatic hydroxyl groups is 1. The first-order chi connectivity index (χ1) is 6.58. The minimum Gasteiger partial charge on any atom is -0.394 e. The van der Waals surface area contributed by atoms with E-state index in [2.05, 4.69) is 44.6 Å². The summed E-state index contributed by atoms with van der Waals surface area (Å²) < 4.78 is 7.72. The summed E-state index contributed by atoms with van der Waals surface area (Å²) in [6.45, 7) is 2.09. The van der Waals surface area contributed by atoms with Crippen LogP contribution in [0.15, 0.2) is 22.7 Å². The van der Waals surface area contributed by atoms with Gasteiger partial charge < -0.3 is 9.84 Å². The van der Waals surface area contributed by atoms with Gasteiger partial charge in [-0.2, -0.15) is 0 Å². The summed E-state index contributed by atoms with van der Waals surface area (Å²) in [4.78, 5) is 0. The molecule has 0 bridgehead atoms. The molecule has 1 aromatic carbocycles. The van der Waals surface area contributed by atoms with Crippen LogP contribution in [0.2, 0.25) is 0 Å². The van der Waals surface area contributed by atoms with Crippen molar-refractivity contribution in [3.8, 4) is 0 Å². The van der Waals surface area contributed by atoms with Crippen molar-refractivity contribution >= 4 is 38.5 Å². The molecular weight excluding hydrogens is 359 g/mol. The minimum atomic E-state index is -0.282. The first kappa shape index (κ1) is 10.9. The zero-order chi connectivity index (χ0) is 10.3. The van der Waals surface area contributed by atoms with Gasteiger partial charge in [-0.25, -0.2) is 0 Å². The molecule has 1 aromatic rings. The van der Waals surface area contributed by atoms with Gasteiger partial charge in [-0.3, -0.25) is 0 Å². The molecule has 1 aliphatic heterocycles. The molecule has 0 spiro atoms. The topological polar surface area (TPSA) is 32.8 Å². The van der Waals surface area contributed by atoms with Gasteiger partial charge in [0.25, 0.3) is 0 Å². The van der Waals surface area contributed by atoms with Crippen LogP contribution in [0.5, 0.6) is 0 Å². The number of ether oxygens (including phenoxy) is 1. The fourth-order valence-corrected chi connectivity index (χ4v) is 2.29. The minimum absolute atomic E-state index is 0.0422. The van der Waals surface area contributed by atoms with Crippen LogP contribution in [-0.2, 0) is 10.3 Å². The van der Waals surface area contributed by atoms with Gasteiger partial charge in [-0.1, -0.05) is 6.07 Å². The van der Waals surface area contributed by atoms with Crippen molar-refractivity contribution in [2.75, 3.05) is 6.61 Å². The highest BCUT2D eigenvalue weighted by Gasteiger charge is 2.53.